The Morgan fingerprint density at radius 1 is 0.851 bits per heavy atom. The molecule has 1 rings (SSSR count). The molecule has 0 aliphatic carbocycles. The lowest BCUT2D eigenvalue weighted by atomic mass is 9.83. The lowest BCUT2D eigenvalue weighted by Gasteiger charge is -2.30. The van der Waals surface area contributed by atoms with Gasteiger partial charge in [-0.25, -0.2) is 9.59 Å². The second-order valence-corrected chi connectivity index (χ2v) is 12.2. The molecule has 0 heterocycles. The van der Waals surface area contributed by atoms with Crippen LogP contribution in [0.3, 0.4) is 0 Å². The van der Waals surface area contributed by atoms with Gasteiger partial charge in [0.05, 0.1) is 19.6 Å². The summed E-state index contributed by atoms with van der Waals surface area (Å²) in [5.41, 5.74) is -1.73. The van der Waals surface area contributed by atoms with E-state index in [-0.39, 0.29) is 19.4 Å². The minimum atomic E-state index is -2.47. The Labute approximate surface area is 281 Å². The molecule has 0 aliphatic heterocycles. The van der Waals surface area contributed by atoms with Crippen LogP contribution in [-0.4, -0.2) is 72.9 Å². The largest absolute Gasteiger partial charge is 0.494 e. The second-order valence-electron chi connectivity index (χ2n) is 12.2. The summed E-state index contributed by atoms with van der Waals surface area (Å²) in [6.07, 6.45) is 15.7. The normalized spacial score (nSPS) is 13.9. The summed E-state index contributed by atoms with van der Waals surface area (Å²) >= 11 is 0. The first-order chi connectivity index (χ1) is 22.6. The van der Waals surface area contributed by atoms with E-state index in [1.165, 1.54) is 39.6 Å². The van der Waals surface area contributed by atoms with Gasteiger partial charge in [0.25, 0.3) is 0 Å². The van der Waals surface area contributed by atoms with Crippen LogP contribution in [0.15, 0.2) is 36.4 Å². The van der Waals surface area contributed by atoms with Crippen LogP contribution in [0.2, 0.25) is 0 Å². The van der Waals surface area contributed by atoms with Crippen LogP contribution in [0.25, 0.3) is 0 Å². The highest BCUT2D eigenvalue weighted by atomic mass is 16.5. The van der Waals surface area contributed by atoms with Gasteiger partial charge in [-0.3, -0.25) is 9.59 Å². The van der Waals surface area contributed by atoms with Crippen LogP contribution in [0.1, 0.15) is 116 Å². The predicted molar refractivity (Wildman–Crippen MR) is 182 cm³/mol. The molecular weight excluding hydrogens is 602 g/mol. The number of Topliss-reactive ketones (excluding diaryl/α,β-unsaturated/α-hetero) is 1. The van der Waals surface area contributed by atoms with E-state index in [1.54, 1.807) is 30.3 Å². The number of carbonyl (C=O) groups is 4. The van der Waals surface area contributed by atoms with Gasteiger partial charge in [0.15, 0.2) is 5.60 Å². The summed E-state index contributed by atoms with van der Waals surface area (Å²) in [5, 5.41) is 23.9. The number of amides is 1. The first kappa shape index (κ1) is 41.8. The predicted octanol–water partition coefficient (Wildman–Crippen LogP) is 6.36. The molecule has 3 N–H and O–H groups in total. The van der Waals surface area contributed by atoms with Gasteiger partial charge in [-0.1, -0.05) is 83.1 Å². The number of rotatable bonds is 28. The van der Waals surface area contributed by atoms with Crippen molar-refractivity contribution in [2.75, 3.05) is 27.4 Å². The summed E-state index contributed by atoms with van der Waals surface area (Å²) in [7, 11) is 2.59. The number of unbranched alkanes of at least 4 members (excludes halogenated alkanes) is 9. The van der Waals surface area contributed by atoms with Gasteiger partial charge in [-0.15, -0.1) is 0 Å². The zero-order chi connectivity index (χ0) is 34.9. The molecular formula is C37H59NO9. The third-order valence-corrected chi connectivity index (χ3v) is 8.25. The van der Waals surface area contributed by atoms with Crippen LogP contribution >= 0.6 is 0 Å². The molecule has 0 radical (unpaired) electrons. The molecule has 0 bridgehead atoms. The van der Waals surface area contributed by atoms with Gasteiger partial charge in [-0.05, 0) is 49.8 Å². The highest BCUT2D eigenvalue weighted by Crippen LogP contribution is 2.26. The number of hydrogen-bond acceptors (Lipinski definition) is 8. The first-order valence-electron chi connectivity index (χ1n) is 17.4. The zero-order valence-corrected chi connectivity index (χ0v) is 29.1. The molecule has 10 heteroatoms. The fourth-order valence-electron chi connectivity index (χ4n) is 5.23. The molecule has 0 fully saturated rings. The van der Waals surface area contributed by atoms with Crippen molar-refractivity contribution < 1.29 is 43.6 Å². The number of carbonyl (C=O) groups excluding carboxylic acids is 3. The fraction of sp³-hybridized carbons (Fsp3) is 0.676. The number of carboxylic acids is 1. The maximum absolute atomic E-state index is 13.6. The molecule has 0 aromatic heterocycles. The molecule has 266 valence electrons. The van der Waals surface area contributed by atoms with Gasteiger partial charge in [-0.2, -0.15) is 0 Å². The smallest absolute Gasteiger partial charge is 0.336 e. The fourth-order valence-corrected chi connectivity index (χ4v) is 5.23. The molecule has 0 aliphatic rings. The van der Waals surface area contributed by atoms with E-state index < -0.39 is 35.4 Å². The first-order valence-corrected chi connectivity index (χ1v) is 17.4. The Hall–Kier alpha value is -3.24. The lowest BCUT2D eigenvalue weighted by Crippen LogP contribution is -2.55. The zero-order valence-electron chi connectivity index (χ0n) is 29.1. The maximum atomic E-state index is 13.6. The molecule has 1 aromatic rings. The van der Waals surface area contributed by atoms with Crippen molar-refractivity contribution in [3.05, 3.63) is 42.0 Å². The van der Waals surface area contributed by atoms with Crippen molar-refractivity contribution in [3.63, 3.8) is 0 Å². The number of esters is 1. The number of allylic oxidation sites excluding steroid dienone is 1. The number of ketones is 1. The third-order valence-electron chi connectivity index (χ3n) is 8.25. The van der Waals surface area contributed by atoms with Gasteiger partial charge in [0, 0.05) is 39.4 Å². The quantitative estimate of drug-likeness (QED) is 0.0530. The number of carboxylic acid groups (broad SMARTS) is 1. The van der Waals surface area contributed by atoms with Gasteiger partial charge in [0.1, 0.15) is 17.6 Å². The number of ether oxygens (including phenoxy) is 3. The van der Waals surface area contributed by atoms with Gasteiger partial charge in [0.2, 0.25) is 5.91 Å². The molecule has 1 amide bonds. The van der Waals surface area contributed by atoms with Gasteiger partial charge < -0.3 is 29.7 Å². The lowest BCUT2D eigenvalue weighted by molar-refractivity contribution is -0.169. The van der Waals surface area contributed by atoms with Crippen LogP contribution in [0.5, 0.6) is 5.75 Å². The van der Waals surface area contributed by atoms with Crippen LogP contribution in [-0.2, 0) is 35.1 Å². The maximum Gasteiger partial charge on any atom is 0.336 e. The highest BCUT2D eigenvalue weighted by molar-refractivity contribution is 5.92. The van der Waals surface area contributed by atoms with Crippen molar-refractivity contribution >= 4 is 23.6 Å². The summed E-state index contributed by atoms with van der Waals surface area (Å²) in [4.78, 5) is 50.7. The molecule has 3 atom stereocenters. The minimum Gasteiger partial charge on any atom is -0.494 e. The average Bonchev–Trinajstić information content (AvgIpc) is 3.06. The van der Waals surface area contributed by atoms with E-state index in [1.807, 2.05) is 0 Å². The van der Waals surface area contributed by atoms with Crippen molar-refractivity contribution in [1.29, 1.82) is 0 Å². The van der Waals surface area contributed by atoms with Gasteiger partial charge >= 0.3 is 11.9 Å². The van der Waals surface area contributed by atoms with E-state index in [0.29, 0.717) is 37.4 Å². The minimum absolute atomic E-state index is 0.0923. The highest BCUT2D eigenvalue weighted by Gasteiger charge is 2.47. The Morgan fingerprint density at radius 2 is 1.47 bits per heavy atom. The van der Waals surface area contributed by atoms with Crippen molar-refractivity contribution in [3.8, 4) is 5.75 Å². The Kier molecular flexibility index (Phi) is 22.1. The van der Waals surface area contributed by atoms with E-state index in [2.05, 4.69) is 19.2 Å². The van der Waals surface area contributed by atoms with E-state index >= 15 is 0 Å². The number of nitrogens with one attached hydrogen (secondary N) is 1. The number of hydrogen-bond donors (Lipinski definition) is 3. The summed E-state index contributed by atoms with van der Waals surface area (Å²) in [6, 6.07) is 6.03. The Balaban J connectivity index is 2.85. The molecule has 0 saturated carbocycles. The monoisotopic (exact) mass is 661 g/mol. The summed E-state index contributed by atoms with van der Waals surface area (Å²) in [5.74, 6) is -3.56. The van der Waals surface area contributed by atoms with E-state index in [4.69, 9.17) is 14.2 Å². The Morgan fingerprint density at radius 3 is 2.04 bits per heavy atom. The summed E-state index contributed by atoms with van der Waals surface area (Å²) < 4.78 is 15.6. The Bertz CT molecular complexity index is 1070. The molecule has 47 heavy (non-hydrogen) atoms. The van der Waals surface area contributed by atoms with Crippen molar-refractivity contribution in [2.24, 2.45) is 5.92 Å². The second kappa shape index (κ2) is 24.9. The number of aliphatic hydroxyl groups is 1. The molecule has 0 spiro atoms. The topological polar surface area (TPSA) is 148 Å². The van der Waals surface area contributed by atoms with Crippen LogP contribution in [0.4, 0.5) is 0 Å². The standard InChI is InChI=1S/C37H59NO9/c1-5-7-9-12-15-18-30(39)19-16-13-10-11-14-17-20-32(37(44,36(42)43)25-27-45-3)34(40)38-33(35(41)46-4)28-29-21-23-31(24-22-29)47-26-8-6-2/h17,20-24,32-33,44H,5-16,18-19,25-28H2,1-4H3,(H,38,40)(H,42,43)/b20-17+/t32?,33-,37?/m0/s1. The van der Waals surface area contributed by atoms with Crippen LogP contribution in [0, 0.1) is 5.92 Å². The van der Waals surface area contributed by atoms with E-state index in [0.717, 1.165) is 56.9 Å². The molecule has 1 aromatic carbocycles. The molecule has 0 saturated heterocycles. The SMILES string of the molecule is CCCCCCCC(=O)CCCCCC/C=C/C(C(=O)N[C@@H](Cc1ccc(OCCCC)cc1)C(=O)OC)C(O)(CCOC)C(=O)O. The van der Waals surface area contributed by atoms with E-state index in [9.17, 15) is 29.4 Å². The van der Waals surface area contributed by atoms with Crippen molar-refractivity contribution in [2.45, 2.75) is 128 Å². The van der Waals surface area contributed by atoms with Crippen LogP contribution < -0.4 is 10.1 Å². The number of aliphatic carboxylic acids is 1. The molecule has 10 nitrogen and oxygen atoms in total. The summed E-state index contributed by atoms with van der Waals surface area (Å²) in [6.45, 7) is 4.76. The number of methoxy groups -OCH3 is 2. The average molecular weight is 662 g/mol. The third kappa shape index (κ3) is 16.9. The molecule has 2 unspecified atom stereocenters. The van der Waals surface area contributed by atoms with Crippen molar-refractivity contribution in [1.82, 2.24) is 5.32 Å². The number of benzene rings is 1.